The number of rotatable bonds is 7. The Morgan fingerprint density at radius 1 is 1.21 bits per heavy atom. The van der Waals surface area contributed by atoms with Crippen LogP contribution in [0, 0.1) is 12.8 Å². The number of ether oxygens (including phenoxy) is 1. The molecular weight excluding hydrogens is 486 g/mol. The third kappa shape index (κ3) is 5.22. The second kappa shape index (κ2) is 9.70. The summed E-state index contributed by atoms with van der Waals surface area (Å²) in [5, 5.41) is 12.7. The van der Waals surface area contributed by atoms with Crippen LogP contribution in [0.15, 0.2) is 59.2 Å². The average Bonchev–Trinajstić information content (AvgIpc) is 3.14. The number of carbonyl (C=O) groups excluding carboxylic acids is 1. The Morgan fingerprint density at radius 3 is 2.70 bits per heavy atom. The van der Waals surface area contributed by atoms with E-state index in [9.17, 15) is 14.7 Å². The van der Waals surface area contributed by atoms with Gasteiger partial charge in [0, 0.05) is 5.92 Å². The van der Waals surface area contributed by atoms with Crippen LogP contribution in [0.25, 0.3) is 0 Å². The number of hydrogen-bond donors (Lipinski definition) is 2. The first-order valence-corrected chi connectivity index (χ1v) is 11.5. The molecule has 2 N–H and O–H groups in total. The van der Waals surface area contributed by atoms with E-state index in [2.05, 4.69) is 26.2 Å². The summed E-state index contributed by atoms with van der Waals surface area (Å²) >= 11 is 3.21. The van der Waals surface area contributed by atoms with Gasteiger partial charge in [-0.05, 0) is 71.6 Å². The van der Waals surface area contributed by atoms with Crippen LogP contribution >= 0.6 is 15.9 Å². The summed E-state index contributed by atoms with van der Waals surface area (Å²) in [7, 11) is 0. The molecule has 0 spiro atoms. The number of carboxylic acid groups (broad SMARTS) is 1. The molecule has 0 aliphatic carbocycles. The molecule has 170 valence electrons. The lowest BCUT2D eigenvalue weighted by Crippen LogP contribution is -2.20. The number of carboxylic acids is 1. The molecule has 0 amide bonds. The van der Waals surface area contributed by atoms with E-state index in [4.69, 9.17) is 9.72 Å². The smallest absolute Gasteiger partial charge is 0.356 e. The summed E-state index contributed by atoms with van der Waals surface area (Å²) in [6.45, 7) is 4.22. The Bertz CT molecular complexity index is 1190. The number of benzene rings is 1. The van der Waals surface area contributed by atoms with Crippen LogP contribution in [0.1, 0.15) is 51.9 Å². The fourth-order valence-corrected chi connectivity index (χ4v) is 4.46. The molecule has 0 saturated carbocycles. The highest BCUT2D eigenvalue weighted by atomic mass is 79.9. The zero-order valence-corrected chi connectivity index (χ0v) is 19.9. The van der Waals surface area contributed by atoms with Gasteiger partial charge in [0.05, 0.1) is 29.7 Å². The van der Waals surface area contributed by atoms with E-state index in [0.717, 1.165) is 17.5 Å². The first-order chi connectivity index (χ1) is 15.8. The van der Waals surface area contributed by atoms with E-state index in [1.54, 1.807) is 12.1 Å². The van der Waals surface area contributed by atoms with Gasteiger partial charge in [-0.1, -0.05) is 30.3 Å². The molecule has 0 radical (unpaired) electrons. The van der Waals surface area contributed by atoms with Crippen molar-refractivity contribution in [1.82, 2.24) is 9.97 Å². The van der Waals surface area contributed by atoms with Gasteiger partial charge in [0.1, 0.15) is 10.5 Å². The summed E-state index contributed by atoms with van der Waals surface area (Å²) in [6.07, 6.45) is 0.725. The van der Waals surface area contributed by atoms with Crippen LogP contribution in [0.2, 0.25) is 0 Å². The highest BCUT2D eigenvalue weighted by Gasteiger charge is 2.39. The molecule has 3 atom stereocenters. The fraction of sp³-hybridized carbons (Fsp3) is 0.280. The SMILES string of the molecule is Cc1cc(C(C)Nc2ccc(Br)nc2C(=O)O)nc([C@H]2C(=O)OCC2Cc2ccccc2)c1. The Kier molecular flexibility index (Phi) is 6.74. The van der Waals surface area contributed by atoms with E-state index in [-0.39, 0.29) is 23.6 Å². The summed E-state index contributed by atoms with van der Waals surface area (Å²) in [5.41, 5.74) is 3.82. The molecule has 0 bridgehead atoms. The van der Waals surface area contributed by atoms with E-state index < -0.39 is 11.9 Å². The monoisotopic (exact) mass is 509 g/mol. The Morgan fingerprint density at radius 2 is 1.97 bits per heavy atom. The fourth-order valence-electron chi connectivity index (χ4n) is 4.15. The van der Waals surface area contributed by atoms with Gasteiger partial charge in [-0.15, -0.1) is 0 Å². The maximum atomic E-state index is 12.7. The van der Waals surface area contributed by atoms with Gasteiger partial charge < -0.3 is 15.2 Å². The summed E-state index contributed by atoms with van der Waals surface area (Å²) in [5.74, 6) is -1.83. The first-order valence-electron chi connectivity index (χ1n) is 10.7. The Balaban J connectivity index is 1.61. The number of halogens is 1. The minimum absolute atomic E-state index is 0.000369. The number of cyclic esters (lactones) is 1. The van der Waals surface area contributed by atoms with Crippen LogP contribution in [-0.2, 0) is 16.0 Å². The quantitative estimate of drug-likeness (QED) is 0.344. The third-order valence-electron chi connectivity index (χ3n) is 5.71. The van der Waals surface area contributed by atoms with Crippen LogP contribution in [0.4, 0.5) is 5.69 Å². The van der Waals surface area contributed by atoms with Crippen molar-refractivity contribution >= 4 is 33.6 Å². The van der Waals surface area contributed by atoms with Crippen LogP contribution in [-0.4, -0.2) is 33.6 Å². The number of nitrogens with zero attached hydrogens (tertiary/aromatic N) is 2. The second-order valence-electron chi connectivity index (χ2n) is 8.25. The van der Waals surface area contributed by atoms with Gasteiger partial charge in [0.25, 0.3) is 0 Å². The summed E-state index contributed by atoms with van der Waals surface area (Å²) < 4.78 is 5.86. The number of hydrogen-bond acceptors (Lipinski definition) is 6. The summed E-state index contributed by atoms with van der Waals surface area (Å²) in [6, 6.07) is 16.9. The predicted octanol–water partition coefficient (Wildman–Crippen LogP) is 4.92. The maximum absolute atomic E-state index is 12.7. The number of anilines is 1. The van der Waals surface area contributed by atoms with Crippen molar-refractivity contribution in [3.63, 3.8) is 0 Å². The van der Waals surface area contributed by atoms with Crippen molar-refractivity contribution in [1.29, 1.82) is 0 Å². The highest BCUT2D eigenvalue weighted by molar-refractivity contribution is 9.10. The van der Waals surface area contributed by atoms with Crippen molar-refractivity contribution in [2.75, 3.05) is 11.9 Å². The van der Waals surface area contributed by atoms with Crippen LogP contribution in [0.3, 0.4) is 0 Å². The van der Waals surface area contributed by atoms with E-state index in [0.29, 0.717) is 28.3 Å². The molecule has 4 rings (SSSR count). The lowest BCUT2D eigenvalue weighted by molar-refractivity contribution is -0.139. The van der Waals surface area contributed by atoms with Crippen LogP contribution in [0.5, 0.6) is 0 Å². The number of esters is 1. The lowest BCUT2D eigenvalue weighted by Gasteiger charge is -2.20. The molecule has 1 saturated heterocycles. The van der Waals surface area contributed by atoms with E-state index in [1.807, 2.05) is 56.3 Å². The average molecular weight is 510 g/mol. The largest absolute Gasteiger partial charge is 0.476 e. The number of carbonyl (C=O) groups is 2. The molecule has 1 aliphatic heterocycles. The van der Waals surface area contributed by atoms with Crippen LogP contribution < -0.4 is 5.32 Å². The number of aromatic nitrogens is 2. The van der Waals surface area contributed by atoms with E-state index in [1.165, 1.54) is 0 Å². The van der Waals surface area contributed by atoms with Crippen molar-refractivity contribution in [2.45, 2.75) is 32.2 Å². The Hall–Kier alpha value is -3.26. The lowest BCUT2D eigenvalue weighted by atomic mass is 9.86. The number of aryl methyl sites for hydroxylation is 1. The van der Waals surface area contributed by atoms with Gasteiger partial charge in [0.15, 0.2) is 5.69 Å². The van der Waals surface area contributed by atoms with Crippen molar-refractivity contribution in [3.05, 3.63) is 87.4 Å². The molecule has 3 aromatic rings. The van der Waals surface area contributed by atoms with E-state index >= 15 is 0 Å². The van der Waals surface area contributed by atoms with Crippen molar-refractivity contribution in [2.24, 2.45) is 5.92 Å². The zero-order valence-electron chi connectivity index (χ0n) is 18.3. The normalized spacial score (nSPS) is 18.6. The molecule has 8 heteroatoms. The molecule has 1 aliphatic rings. The number of pyridine rings is 2. The number of aromatic carboxylic acids is 1. The maximum Gasteiger partial charge on any atom is 0.356 e. The minimum atomic E-state index is -1.12. The van der Waals surface area contributed by atoms with Gasteiger partial charge in [0.2, 0.25) is 0 Å². The highest BCUT2D eigenvalue weighted by Crippen LogP contribution is 2.35. The third-order valence-corrected chi connectivity index (χ3v) is 6.15. The summed E-state index contributed by atoms with van der Waals surface area (Å²) in [4.78, 5) is 33.1. The number of nitrogens with one attached hydrogen (secondary N) is 1. The molecule has 2 aromatic heterocycles. The predicted molar refractivity (Wildman–Crippen MR) is 127 cm³/mol. The van der Waals surface area contributed by atoms with Gasteiger partial charge in [-0.2, -0.15) is 0 Å². The van der Waals surface area contributed by atoms with Crippen molar-refractivity contribution in [3.8, 4) is 0 Å². The molecule has 1 aromatic carbocycles. The molecule has 7 nitrogen and oxygen atoms in total. The molecule has 1 fully saturated rings. The molecule has 2 unspecified atom stereocenters. The van der Waals surface area contributed by atoms with Gasteiger partial charge in [-0.3, -0.25) is 9.78 Å². The Labute approximate surface area is 200 Å². The first kappa shape index (κ1) is 22.9. The van der Waals surface area contributed by atoms with Gasteiger partial charge in [-0.25, -0.2) is 9.78 Å². The zero-order chi connectivity index (χ0) is 23.5. The minimum Gasteiger partial charge on any atom is -0.476 e. The standard InChI is InChI=1S/C25H24BrN3O4/c1-14-10-19(15(2)27-18-8-9-21(26)29-23(18)24(30)31)28-20(11-14)22-17(13-33-25(22)32)12-16-6-4-3-5-7-16/h3-11,15,17,22,27H,12-13H2,1-2H3,(H,30,31)/t15?,17?,22-/m0/s1. The molecule has 33 heavy (non-hydrogen) atoms. The molecular formula is C25H24BrN3O4. The van der Waals surface area contributed by atoms with Crippen molar-refractivity contribution < 1.29 is 19.4 Å². The topological polar surface area (TPSA) is 101 Å². The molecule has 3 heterocycles. The van der Waals surface area contributed by atoms with Gasteiger partial charge >= 0.3 is 11.9 Å². The second-order valence-corrected chi connectivity index (χ2v) is 9.07.